The fourth-order valence-corrected chi connectivity index (χ4v) is 4.48. The average molecular weight is 445 g/mol. The van der Waals surface area contributed by atoms with Crippen LogP contribution in [0.25, 0.3) is 0 Å². The maximum atomic E-state index is 12.6. The molecule has 166 valence electrons. The van der Waals surface area contributed by atoms with E-state index in [1.54, 1.807) is 37.3 Å². The van der Waals surface area contributed by atoms with Crippen molar-refractivity contribution >= 4 is 33.3 Å². The van der Waals surface area contributed by atoms with E-state index in [0.29, 0.717) is 11.4 Å². The topological polar surface area (TPSA) is 108 Å². The molecule has 1 aliphatic rings. The van der Waals surface area contributed by atoms with E-state index in [0.717, 1.165) is 38.8 Å². The van der Waals surface area contributed by atoms with Crippen LogP contribution in [0.5, 0.6) is 0 Å². The Balaban J connectivity index is 1.62. The Hall–Kier alpha value is -2.91. The zero-order valence-electron chi connectivity index (χ0n) is 17.6. The van der Waals surface area contributed by atoms with Gasteiger partial charge in [0.15, 0.2) is 0 Å². The van der Waals surface area contributed by atoms with E-state index in [1.807, 2.05) is 4.90 Å². The summed E-state index contributed by atoms with van der Waals surface area (Å²) in [4.78, 5) is 26.8. The van der Waals surface area contributed by atoms with Crippen LogP contribution in [0.2, 0.25) is 0 Å². The highest BCUT2D eigenvalue weighted by Crippen LogP contribution is 2.18. The molecule has 0 aromatic heterocycles. The maximum absolute atomic E-state index is 12.6. The quantitative estimate of drug-likeness (QED) is 0.632. The number of likely N-dealkylation sites (tertiary alicyclic amines) is 1. The molecule has 0 spiro atoms. The van der Waals surface area contributed by atoms with Crippen LogP contribution in [0.1, 0.15) is 43.0 Å². The molecule has 9 heteroatoms. The van der Waals surface area contributed by atoms with Gasteiger partial charge >= 0.3 is 6.03 Å². The molecule has 3 N–H and O–H groups in total. The van der Waals surface area contributed by atoms with Gasteiger partial charge in [0.05, 0.1) is 4.90 Å². The van der Waals surface area contributed by atoms with Gasteiger partial charge in [0.25, 0.3) is 5.91 Å². The number of sulfonamides is 1. The van der Waals surface area contributed by atoms with E-state index in [9.17, 15) is 18.0 Å². The van der Waals surface area contributed by atoms with Gasteiger partial charge < -0.3 is 15.5 Å². The number of anilines is 2. The average Bonchev–Trinajstić information content (AvgIpc) is 3.05. The van der Waals surface area contributed by atoms with Crippen LogP contribution >= 0.6 is 0 Å². The summed E-state index contributed by atoms with van der Waals surface area (Å²) in [6.07, 6.45) is 4.36. The van der Waals surface area contributed by atoms with Crippen molar-refractivity contribution in [3.63, 3.8) is 0 Å². The summed E-state index contributed by atoms with van der Waals surface area (Å²) in [6, 6.07) is 12.6. The number of urea groups is 1. The molecule has 1 saturated heterocycles. The van der Waals surface area contributed by atoms with Gasteiger partial charge in [-0.2, -0.15) is 0 Å². The molecule has 3 rings (SSSR count). The summed E-state index contributed by atoms with van der Waals surface area (Å²) in [7, 11) is -3.64. The van der Waals surface area contributed by atoms with Crippen LogP contribution in [0.3, 0.4) is 0 Å². The Morgan fingerprint density at radius 1 is 0.903 bits per heavy atom. The lowest BCUT2D eigenvalue weighted by molar-refractivity contribution is 0.102. The first-order valence-electron chi connectivity index (χ1n) is 10.5. The third-order valence-corrected chi connectivity index (χ3v) is 6.57. The van der Waals surface area contributed by atoms with Crippen LogP contribution in [-0.2, 0) is 10.0 Å². The van der Waals surface area contributed by atoms with E-state index in [4.69, 9.17) is 0 Å². The largest absolute Gasteiger partial charge is 0.325 e. The van der Waals surface area contributed by atoms with Crippen molar-refractivity contribution in [2.24, 2.45) is 0 Å². The number of carbonyl (C=O) groups is 2. The van der Waals surface area contributed by atoms with E-state index < -0.39 is 15.9 Å². The minimum absolute atomic E-state index is 0.0357. The summed E-state index contributed by atoms with van der Waals surface area (Å²) in [5, 5.41) is 5.63. The van der Waals surface area contributed by atoms with Crippen LogP contribution < -0.4 is 15.4 Å². The number of nitrogens with zero attached hydrogens (tertiary/aromatic N) is 1. The van der Waals surface area contributed by atoms with Crippen LogP contribution in [0.4, 0.5) is 16.2 Å². The van der Waals surface area contributed by atoms with Gasteiger partial charge in [-0.1, -0.05) is 25.8 Å². The summed E-state index contributed by atoms with van der Waals surface area (Å²) in [5.74, 6) is -0.421. The van der Waals surface area contributed by atoms with E-state index in [-0.39, 0.29) is 23.0 Å². The third-order valence-electron chi connectivity index (χ3n) is 5.03. The first-order valence-corrected chi connectivity index (χ1v) is 11.9. The molecule has 1 aliphatic heterocycles. The Morgan fingerprint density at radius 3 is 2.13 bits per heavy atom. The van der Waals surface area contributed by atoms with E-state index >= 15 is 0 Å². The molecule has 1 fully saturated rings. The molecular formula is C22H28N4O4S. The number of hydrogen-bond donors (Lipinski definition) is 3. The Kier molecular flexibility index (Phi) is 7.64. The van der Waals surface area contributed by atoms with Crippen molar-refractivity contribution < 1.29 is 18.0 Å². The summed E-state index contributed by atoms with van der Waals surface area (Å²) in [5.41, 5.74) is 1.42. The van der Waals surface area contributed by atoms with Crippen molar-refractivity contribution in [3.05, 3.63) is 54.1 Å². The highest BCUT2D eigenvalue weighted by Gasteiger charge is 2.17. The number of amides is 3. The third kappa shape index (κ3) is 6.28. The Bertz CT molecular complexity index is 1010. The zero-order chi connectivity index (χ0) is 22.3. The van der Waals surface area contributed by atoms with Crippen LogP contribution in [0.15, 0.2) is 53.4 Å². The summed E-state index contributed by atoms with van der Waals surface area (Å²) in [6.45, 7) is 3.48. The highest BCUT2D eigenvalue weighted by molar-refractivity contribution is 7.89. The van der Waals surface area contributed by atoms with Crippen molar-refractivity contribution in [2.45, 2.75) is 37.5 Å². The lowest BCUT2D eigenvalue weighted by Gasteiger charge is -2.20. The number of benzene rings is 2. The van der Waals surface area contributed by atoms with Crippen LogP contribution in [0, 0.1) is 0 Å². The molecular weight excluding hydrogens is 416 g/mol. The predicted molar refractivity (Wildman–Crippen MR) is 121 cm³/mol. The molecule has 0 saturated carbocycles. The zero-order valence-corrected chi connectivity index (χ0v) is 18.4. The minimum Gasteiger partial charge on any atom is -0.325 e. The van der Waals surface area contributed by atoms with Gasteiger partial charge in [-0.25, -0.2) is 17.9 Å². The van der Waals surface area contributed by atoms with Gasteiger partial charge in [-0.05, 0) is 55.3 Å². The predicted octanol–water partition coefficient (Wildman–Crippen LogP) is 3.65. The first-order chi connectivity index (χ1) is 14.9. The maximum Gasteiger partial charge on any atom is 0.321 e. The number of rotatable bonds is 6. The molecule has 0 bridgehead atoms. The minimum atomic E-state index is -3.64. The standard InChI is InChI=1S/C22H28N4O4S/c1-2-23-31(29,30)20-9-7-8-17(16-20)21(27)24-18-10-12-19(13-11-18)25-22(28)26-14-5-3-4-6-15-26/h7-13,16,23H,2-6,14-15H2,1H3,(H,24,27)(H,25,28). The molecule has 1 heterocycles. The lowest BCUT2D eigenvalue weighted by atomic mass is 10.2. The second-order valence-corrected chi connectivity index (χ2v) is 9.16. The van der Waals surface area contributed by atoms with Crippen molar-refractivity contribution in [2.75, 3.05) is 30.3 Å². The lowest BCUT2D eigenvalue weighted by Crippen LogP contribution is -2.35. The van der Waals surface area contributed by atoms with Gasteiger partial charge in [0.1, 0.15) is 0 Å². The Labute approximate surface area is 183 Å². The second-order valence-electron chi connectivity index (χ2n) is 7.39. The van der Waals surface area contributed by atoms with Gasteiger partial charge in [0.2, 0.25) is 10.0 Å². The molecule has 3 amide bonds. The molecule has 0 unspecified atom stereocenters. The monoisotopic (exact) mass is 444 g/mol. The van der Waals surface area contributed by atoms with Crippen LogP contribution in [-0.4, -0.2) is 44.9 Å². The van der Waals surface area contributed by atoms with Gasteiger partial charge in [-0.15, -0.1) is 0 Å². The van der Waals surface area contributed by atoms with Crippen molar-refractivity contribution in [3.8, 4) is 0 Å². The highest BCUT2D eigenvalue weighted by atomic mass is 32.2. The fourth-order valence-electron chi connectivity index (χ4n) is 3.39. The van der Waals surface area contributed by atoms with E-state index in [2.05, 4.69) is 15.4 Å². The molecule has 0 radical (unpaired) electrons. The van der Waals surface area contributed by atoms with Gasteiger partial charge in [0, 0.05) is 36.6 Å². The van der Waals surface area contributed by atoms with Crippen molar-refractivity contribution in [1.82, 2.24) is 9.62 Å². The smallest absolute Gasteiger partial charge is 0.321 e. The molecule has 31 heavy (non-hydrogen) atoms. The first kappa shape index (κ1) is 22.8. The molecule has 0 atom stereocenters. The molecule has 8 nitrogen and oxygen atoms in total. The fraction of sp³-hybridized carbons (Fsp3) is 0.364. The second kappa shape index (κ2) is 10.4. The molecule has 0 aliphatic carbocycles. The van der Waals surface area contributed by atoms with Crippen molar-refractivity contribution in [1.29, 1.82) is 0 Å². The van der Waals surface area contributed by atoms with Gasteiger partial charge in [-0.3, -0.25) is 4.79 Å². The van der Waals surface area contributed by atoms with E-state index in [1.165, 1.54) is 18.2 Å². The Morgan fingerprint density at radius 2 is 1.52 bits per heavy atom. The molecule has 2 aromatic carbocycles. The number of hydrogen-bond acceptors (Lipinski definition) is 4. The summed E-state index contributed by atoms with van der Waals surface area (Å²) < 4.78 is 26.7. The SMILES string of the molecule is CCNS(=O)(=O)c1cccc(C(=O)Nc2ccc(NC(=O)N3CCCCCC3)cc2)c1. The normalized spacial score (nSPS) is 14.5. The number of nitrogens with one attached hydrogen (secondary N) is 3. The molecule has 2 aromatic rings. The summed E-state index contributed by atoms with van der Waals surface area (Å²) >= 11 is 0. The number of carbonyl (C=O) groups excluding carboxylic acids is 2.